The molecule has 6 heteroatoms. The molecule has 0 unspecified atom stereocenters. The molecule has 0 atom stereocenters. The van der Waals surface area contributed by atoms with Crippen molar-refractivity contribution in [3.8, 4) is 5.75 Å². The maximum absolute atomic E-state index is 12.6. The molecule has 0 aliphatic rings. The van der Waals surface area contributed by atoms with Crippen LogP contribution in [0.2, 0.25) is 0 Å². The van der Waals surface area contributed by atoms with E-state index in [1.807, 2.05) is 0 Å². The maximum atomic E-state index is 12.6. The highest BCUT2D eigenvalue weighted by Gasteiger charge is 2.23. The van der Waals surface area contributed by atoms with Crippen LogP contribution in [-0.2, 0) is 10.0 Å². The van der Waals surface area contributed by atoms with Crippen LogP contribution < -0.4 is 10.0 Å². The fourth-order valence-electron chi connectivity index (χ4n) is 1.94. The average molecular weight is 292 g/mol. The lowest BCUT2D eigenvalue weighted by Gasteiger charge is -2.21. The SMILES string of the molecule is Cc1cc(N)ccc1S(=O)(=O)N(C)c1cccc(O)c1. The second-order valence-electron chi connectivity index (χ2n) is 4.52. The van der Waals surface area contributed by atoms with Gasteiger partial charge in [0.25, 0.3) is 10.0 Å². The molecule has 0 fully saturated rings. The Morgan fingerprint density at radius 3 is 2.45 bits per heavy atom. The fourth-order valence-corrected chi connectivity index (χ4v) is 3.33. The summed E-state index contributed by atoms with van der Waals surface area (Å²) in [5.41, 5.74) is 7.12. The van der Waals surface area contributed by atoms with Gasteiger partial charge in [-0.2, -0.15) is 0 Å². The maximum Gasteiger partial charge on any atom is 0.264 e. The van der Waals surface area contributed by atoms with Gasteiger partial charge in [0.15, 0.2) is 0 Å². The minimum absolute atomic E-state index is 0.0126. The van der Waals surface area contributed by atoms with Gasteiger partial charge in [0.1, 0.15) is 5.75 Å². The van der Waals surface area contributed by atoms with Gasteiger partial charge in [-0.1, -0.05) is 6.07 Å². The number of aryl methyl sites for hydroxylation is 1. The predicted octanol–water partition coefficient (Wildman–Crippen LogP) is 2.11. The Bertz CT molecular complexity index is 742. The van der Waals surface area contributed by atoms with E-state index >= 15 is 0 Å². The highest BCUT2D eigenvalue weighted by atomic mass is 32.2. The number of phenolic OH excluding ortho intramolecular Hbond substituents is 1. The molecule has 20 heavy (non-hydrogen) atoms. The van der Waals surface area contributed by atoms with E-state index in [0.29, 0.717) is 16.9 Å². The van der Waals surface area contributed by atoms with Gasteiger partial charge in [0.2, 0.25) is 0 Å². The van der Waals surface area contributed by atoms with Gasteiger partial charge in [-0.25, -0.2) is 8.42 Å². The summed E-state index contributed by atoms with van der Waals surface area (Å²) in [7, 11) is -2.25. The van der Waals surface area contributed by atoms with Crippen molar-refractivity contribution < 1.29 is 13.5 Å². The van der Waals surface area contributed by atoms with Crippen molar-refractivity contribution in [3.05, 3.63) is 48.0 Å². The predicted molar refractivity (Wildman–Crippen MR) is 79.3 cm³/mol. The minimum Gasteiger partial charge on any atom is -0.508 e. The minimum atomic E-state index is -3.69. The van der Waals surface area contributed by atoms with Gasteiger partial charge in [-0.05, 0) is 42.8 Å². The molecule has 5 nitrogen and oxygen atoms in total. The van der Waals surface area contributed by atoms with Crippen LogP contribution in [0.5, 0.6) is 5.75 Å². The largest absolute Gasteiger partial charge is 0.508 e. The quantitative estimate of drug-likeness (QED) is 0.849. The van der Waals surface area contributed by atoms with Crippen molar-refractivity contribution in [2.24, 2.45) is 0 Å². The molecule has 0 heterocycles. The van der Waals surface area contributed by atoms with E-state index in [9.17, 15) is 13.5 Å². The number of anilines is 2. The molecule has 0 radical (unpaired) electrons. The van der Waals surface area contributed by atoms with Crippen molar-refractivity contribution in [1.82, 2.24) is 0 Å². The Morgan fingerprint density at radius 2 is 1.85 bits per heavy atom. The van der Waals surface area contributed by atoms with E-state index in [2.05, 4.69) is 0 Å². The number of nitrogen functional groups attached to an aromatic ring is 1. The van der Waals surface area contributed by atoms with Crippen LogP contribution in [0, 0.1) is 6.92 Å². The molecule has 0 aliphatic heterocycles. The summed E-state index contributed by atoms with van der Waals surface area (Å²) in [4.78, 5) is 0.192. The van der Waals surface area contributed by atoms with Crippen LogP contribution in [0.15, 0.2) is 47.4 Å². The standard InChI is InChI=1S/C14H16N2O3S/c1-10-8-11(15)6-7-14(10)20(18,19)16(2)12-4-3-5-13(17)9-12/h3-9,17H,15H2,1-2H3. The first-order chi connectivity index (χ1) is 9.32. The molecule has 2 rings (SSSR count). The second kappa shape index (κ2) is 5.05. The number of hydrogen-bond donors (Lipinski definition) is 2. The number of nitrogens with zero attached hydrogens (tertiary/aromatic N) is 1. The average Bonchev–Trinajstić information content (AvgIpc) is 2.37. The summed E-state index contributed by atoms with van der Waals surface area (Å²) in [6.45, 7) is 1.69. The van der Waals surface area contributed by atoms with E-state index in [-0.39, 0.29) is 10.6 Å². The summed E-state index contributed by atoms with van der Waals surface area (Å²) >= 11 is 0. The van der Waals surface area contributed by atoms with Gasteiger partial charge in [0, 0.05) is 18.8 Å². The summed E-state index contributed by atoms with van der Waals surface area (Å²) in [6.07, 6.45) is 0. The van der Waals surface area contributed by atoms with Crippen LogP contribution in [0.4, 0.5) is 11.4 Å². The van der Waals surface area contributed by atoms with Gasteiger partial charge >= 0.3 is 0 Å². The molecule has 2 aromatic carbocycles. The second-order valence-corrected chi connectivity index (χ2v) is 6.46. The first kappa shape index (κ1) is 14.2. The normalized spacial score (nSPS) is 11.3. The summed E-state index contributed by atoms with van der Waals surface area (Å²) in [5, 5.41) is 9.45. The number of sulfonamides is 1. The molecule has 0 aliphatic carbocycles. The third-order valence-electron chi connectivity index (χ3n) is 3.03. The Morgan fingerprint density at radius 1 is 1.15 bits per heavy atom. The number of phenols is 1. The van der Waals surface area contributed by atoms with Gasteiger partial charge in [0.05, 0.1) is 10.6 Å². The smallest absolute Gasteiger partial charge is 0.264 e. The summed E-state index contributed by atoms with van der Waals surface area (Å²) in [5.74, 6) is 0.0126. The van der Waals surface area contributed by atoms with Crippen molar-refractivity contribution in [1.29, 1.82) is 0 Å². The van der Waals surface area contributed by atoms with E-state index in [1.54, 1.807) is 31.2 Å². The third kappa shape index (κ3) is 2.55. The van der Waals surface area contributed by atoms with Crippen molar-refractivity contribution in [2.45, 2.75) is 11.8 Å². The number of hydrogen-bond acceptors (Lipinski definition) is 4. The number of aromatic hydroxyl groups is 1. The van der Waals surface area contributed by atoms with Gasteiger partial charge < -0.3 is 10.8 Å². The number of nitrogens with two attached hydrogens (primary N) is 1. The first-order valence-electron chi connectivity index (χ1n) is 5.96. The highest BCUT2D eigenvalue weighted by molar-refractivity contribution is 7.92. The summed E-state index contributed by atoms with van der Waals surface area (Å²) in [6, 6.07) is 10.7. The molecule has 0 saturated carbocycles. The van der Waals surface area contributed by atoms with Crippen LogP contribution in [0.1, 0.15) is 5.56 Å². The van der Waals surface area contributed by atoms with E-state index in [1.165, 1.54) is 25.2 Å². The van der Waals surface area contributed by atoms with Crippen molar-refractivity contribution >= 4 is 21.4 Å². The molecular weight excluding hydrogens is 276 g/mol. The lowest BCUT2D eigenvalue weighted by Crippen LogP contribution is -2.27. The Kier molecular flexibility index (Phi) is 3.59. The molecule has 106 valence electrons. The molecule has 0 saturated heterocycles. The lowest BCUT2D eigenvalue weighted by atomic mass is 10.2. The van der Waals surface area contributed by atoms with Crippen LogP contribution in [-0.4, -0.2) is 20.6 Å². The van der Waals surface area contributed by atoms with E-state index in [4.69, 9.17) is 5.73 Å². The van der Waals surface area contributed by atoms with Gasteiger partial charge in [-0.3, -0.25) is 4.31 Å². The molecule has 0 aromatic heterocycles. The molecule has 3 N–H and O–H groups in total. The topological polar surface area (TPSA) is 83.6 Å². The molecule has 2 aromatic rings. The molecule has 0 bridgehead atoms. The van der Waals surface area contributed by atoms with Crippen molar-refractivity contribution in [2.75, 3.05) is 17.1 Å². The summed E-state index contributed by atoms with van der Waals surface area (Å²) < 4.78 is 26.3. The zero-order valence-corrected chi connectivity index (χ0v) is 12.1. The van der Waals surface area contributed by atoms with Crippen LogP contribution >= 0.6 is 0 Å². The fraction of sp³-hybridized carbons (Fsp3) is 0.143. The zero-order valence-electron chi connectivity index (χ0n) is 11.2. The lowest BCUT2D eigenvalue weighted by molar-refractivity contribution is 0.475. The van der Waals surface area contributed by atoms with Crippen LogP contribution in [0.3, 0.4) is 0 Å². The van der Waals surface area contributed by atoms with E-state index < -0.39 is 10.0 Å². The number of benzene rings is 2. The third-order valence-corrected chi connectivity index (χ3v) is 4.98. The van der Waals surface area contributed by atoms with Crippen molar-refractivity contribution in [3.63, 3.8) is 0 Å². The molecular formula is C14H16N2O3S. The Balaban J connectivity index is 2.49. The molecule has 0 amide bonds. The number of rotatable bonds is 3. The van der Waals surface area contributed by atoms with Gasteiger partial charge in [-0.15, -0.1) is 0 Å². The van der Waals surface area contributed by atoms with E-state index in [0.717, 1.165) is 4.31 Å². The highest BCUT2D eigenvalue weighted by Crippen LogP contribution is 2.27. The molecule has 0 spiro atoms. The Labute approximate surface area is 118 Å². The monoisotopic (exact) mass is 292 g/mol. The first-order valence-corrected chi connectivity index (χ1v) is 7.40. The Hall–Kier alpha value is -2.21. The van der Waals surface area contributed by atoms with Crippen LogP contribution in [0.25, 0.3) is 0 Å². The zero-order chi connectivity index (χ0) is 14.9.